The molecule has 3 heterocycles. The van der Waals surface area contributed by atoms with Crippen LogP contribution >= 0.6 is 39.5 Å². The minimum absolute atomic E-state index is 0.0800. The van der Waals surface area contributed by atoms with E-state index in [1.54, 1.807) is 11.3 Å². The van der Waals surface area contributed by atoms with Crippen LogP contribution in [-0.2, 0) is 0 Å². The van der Waals surface area contributed by atoms with Gasteiger partial charge in [-0.1, -0.05) is 6.07 Å². The Morgan fingerprint density at radius 1 is 1.35 bits per heavy atom. The number of likely N-dealkylation sites (N-methyl/N-ethyl adjacent to an activating group) is 1. The number of aromatic nitrogens is 1. The molecule has 1 saturated heterocycles. The molecule has 0 aromatic carbocycles. The summed E-state index contributed by atoms with van der Waals surface area (Å²) in [5.74, 6) is 0. The number of hydrogen-bond acceptors (Lipinski definition) is 4. The van der Waals surface area contributed by atoms with Crippen LogP contribution in [0.15, 0.2) is 40.3 Å². The number of nitrogens with zero attached hydrogens (tertiary/aromatic N) is 3. The Kier molecular flexibility index (Phi) is 5.31. The Hall–Kier alpha value is -1.02. The standard InChI is InChI=1S/C16H19BrN4S2/c1-20(2)9-10-21-15(12-6-7-13(17)23-12)14(19-16(21)22)11-5-3-4-8-18-11/h3-8,14-15H,9-10H2,1-2H3,(H,19,22)/t14-,15+/m0/s1. The van der Waals surface area contributed by atoms with E-state index in [4.69, 9.17) is 12.2 Å². The van der Waals surface area contributed by atoms with Crippen molar-refractivity contribution < 1.29 is 0 Å². The van der Waals surface area contributed by atoms with Crippen LogP contribution in [-0.4, -0.2) is 47.1 Å². The van der Waals surface area contributed by atoms with Gasteiger partial charge in [-0.25, -0.2) is 0 Å². The van der Waals surface area contributed by atoms with Crippen LogP contribution in [0.25, 0.3) is 0 Å². The lowest BCUT2D eigenvalue weighted by molar-refractivity contribution is 0.280. The van der Waals surface area contributed by atoms with Gasteiger partial charge in [-0.3, -0.25) is 4.98 Å². The second kappa shape index (κ2) is 7.25. The molecule has 0 bridgehead atoms. The number of thiocarbonyl (C=S) groups is 1. The van der Waals surface area contributed by atoms with Crippen molar-refractivity contribution >= 4 is 44.6 Å². The Labute approximate surface area is 154 Å². The molecule has 1 aliphatic rings. The van der Waals surface area contributed by atoms with Crippen LogP contribution in [0, 0.1) is 0 Å². The number of halogens is 1. The maximum atomic E-state index is 5.61. The zero-order valence-electron chi connectivity index (χ0n) is 13.1. The minimum Gasteiger partial charge on any atom is -0.352 e. The molecular weight excluding hydrogens is 392 g/mol. The predicted octanol–water partition coefficient (Wildman–Crippen LogP) is 3.44. The first-order valence-electron chi connectivity index (χ1n) is 7.44. The normalized spacial score (nSPS) is 21.0. The van der Waals surface area contributed by atoms with Crippen molar-refractivity contribution in [2.45, 2.75) is 12.1 Å². The molecule has 0 spiro atoms. The molecule has 3 rings (SSSR count). The monoisotopic (exact) mass is 410 g/mol. The first-order valence-corrected chi connectivity index (χ1v) is 9.46. The van der Waals surface area contributed by atoms with E-state index in [0.29, 0.717) is 0 Å². The summed E-state index contributed by atoms with van der Waals surface area (Å²) in [5, 5.41) is 4.27. The molecule has 23 heavy (non-hydrogen) atoms. The van der Waals surface area contributed by atoms with Gasteiger partial charge >= 0.3 is 0 Å². The molecule has 7 heteroatoms. The van der Waals surface area contributed by atoms with E-state index >= 15 is 0 Å². The van der Waals surface area contributed by atoms with Crippen LogP contribution in [0.4, 0.5) is 0 Å². The molecule has 2 atom stereocenters. The van der Waals surface area contributed by atoms with Gasteiger partial charge < -0.3 is 15.1 Å². The van der Waals surface area contributed by atoms with E-state index in [9.17, 15) is 0 Å². The van der Waals surface area contributed by atoms with Gasteiger partial charge in [0.1, 0.15) is 0 Å². The average molecular weight is 411 g/mol. The number of rotatable bonds is 5. The summed E-state index contributed by atoms with van der Waals surface area (Å²) in [6.07, 6.45) is 1.84. The molecule has 0 radical (unpaired) electrons. The fraction of sp³-hybridized carbons (Fsp3) is 0.375. The van der Waals surface area contributed by atoms with E-state index in [2.05, 4.69) is 68.3 Å². The highest BCUT2D eigenvalue weighted by Crippen LogP contribution is 2.41. The lowest BCUT2D eigenvalue weighted by Crippen LogP contribution is -2.35. The lowest BCUT2D eigenvalue weighted by Gasteiger charge is -2.27. The molecule has 0 aliphatic carbocycles. The number of hydrogen-bond donors (Lipinski definition) is 1. The summed E-state index contributed by atoms with van der Waals surface area (Å²) in [4.78, 5) is 10.3. The SMILES string of the molecule is CN(C)CCN1C(=S)N[C@@H](c2ccccn2)[C@H]1c1ccc(Br)s1. The first kappa shape index (κ1) is 16.8. The summed E-state index contributed by atoms with van der Waals surface area (Å²) in [5.41, 5.74) is 1.02. The van der Waals surface area contributed by atoms with E-state index in [-0.39, 0.29) is 12.1 Å². The van der Waals surface area contributed by atoms with Gasteiger partial charge in [-0.15, -0.1) is 11.3 Å². The van der Waals surface area contributed by atoms with Crippen molar-refractivity contribution in [3.63, 3.8) is 0 Å². The summed E-state index contributed by atoms with van der Waals surface area (Å²) in [6, 6.07) is 10.6. The molecular formula is C16H19BrN4S2. The topological polar surface area (TPSA) is 31.4 Å². The second-order valence-electron chi connectivity index (χ2n) is 5.77. The third-order valence-electron chi connectivity index (χ3n) is 3.87. The van der Waals surface area contributed by atoms with Gasteiger partial charge in [0, 0.05) is 24.2 Å². The van der Waals surface area contributed by atoms with Gasteiger partial charge in [-0.2, -0.15) is 0 Å². The smallest absolute Gasteiger partial charge is 0.170 e. The number of thiophene rings is 1. The summed E-state index contributed by atoms with van der Waals surface area (Å²) >= 11 is 10.9. The maximum absolute atomic E-state index is 5.61. The van der Waals surface area contributed by atoms with Crippen molar-refractivity contribution in [2.75, 3.05) is 27.2 Å². The van der Waals surface area contributed by atoms with Crippen molar-refractivity contribution in [1.29, 1.82) is 0 Å². The summed E-state index contributed by atoms with van der Waals surface area (Å²) in [6.45, 7) is 1.85. The molecule has 0 unspecified atom stereocenters. The fourth-order valence-corrected chi connectivity index (χ4v) is 4.66. The fourth-order valence-electron chi connectivity index (χ4n) is 2.75. The highest BCUT2D eigenvalue weighted by atomic mass is 79.9. The Balaban J connectivity index is 1.94. The van der Waals surface area contributed by atoms with Gasteiger partial charge in [0.2, 0.25) is 0 Å². The van der Waals surface area contributed by atoms with E-state index in [1.807, 2.05) is 18.3 Å². The number of nitrogens with one attached hydrogen (secondary N) is 1. The first-order chi connectivity index (χ1) is 11.1. The molecule has 0 amide bonds. The Morgan fingerprint density at radius 2 is 2.17 bits per heavy atom. The van der Waals surface area contributed by atoms with E-state index in [0.717, 1.165) is 27.7 Å². The van der Waals surface area contributed by atoms with E-state index < -0.39 is 0 Å². The molecule has 122 valence electrons. The molecule has 2 aromatic rings. The van der Waals surface area contributed by atoms with Gasteiger partial charge in [-0.05, 0) is 66.5 Å². The van der Waals surface area contributed by atoms with Crippen molar-refractivity contribution in [3.05, 3.63) is 50.9 Å². The highest BCUT2D eigenvalue weighted by molar-refractivity contribution is 9.11. The molecule has 2 aromatic heterocycles. The molecule has 1 aliphatic heterocycles. The maximum Gasteiger partial charge on any atom is 0.170 e. The van der Waals surface area contributed by atoms with Crippen molar-refractivity contribution in [1.82, 2.24) is 20.1 Å². The molecule has 4 nitrogen and oxygen atoms in total. The summed E-state index contributed by atoms with van der Waals surface area (Å²) < 4.78 is 1.14. The van der Waals surface area contributed by atoms with Gasteiger partial charge in [0.05, 0.1) is 21.6 Å². The predicted molar refractivity (Wildman–Crippen MR) is 103 cm³/mol. The highest BCUT2D eigenvalue weighted by Gasteiger charge is 2.40. The third-order valence-corrected chi connectivity index (χ3v) is 5.92. The molecule has 1 N–H and O–H groups in total. The van der Waals surface area contributed by atoms with Crippen LogP contribution < -0.4 is 5.32 Å². The van der Waals surface area contributed by atoms with Crippen LogP contribution in [0.1, 0.15) is 22.7 Å². The van der Waals surface area contributed by atoms with Gasteiger partial charge in [0.25, 0.3) is 0 Å². The third kappa shape index (κ3) is 3.74. The minimum atomic E-state index is 0.0800. The zero-order valence-corrected chi connectivity index (χ0v) is 16.3. The van der Waals surface area contributed by atoms with Gasteiger partial charge in [0.15, 0.2) is 5.11 Å². The Morgan fingerprint density at radius 3 is 2.78 bits per heavy atom. The van der Waals surface area contributed by atoms with Crippen molar-refractivity contribution in [3.8, 4) is 0 Å². The molecule has 1 fully saturated rings. The zero-order chi connectivity index (χ0) is 16.4. The van der Waals surface area contributed by atoms with Crippen LogP contribution in [0.3, 0.4) is 0 Å². The number of pyridine rings is 1. The average Bonchev–Trinajstić information content (AvgIpc) is 3.09. The van der Waals surface area contributed by atoms with Crippen molar-refractivity contribution in [2.24, 2.45) is 0 Å². The van der Waals surface area contributed by atoms with E-state index in [1.165, 1.54) is 4.88 Å². The second-order valence-corrected chi connectivity index (χ2v) is 8.65. The summed E-state index contributed by atoms with van der Waals surface area (Å²) in [7, 11) is 4.17. The lowest BCUT2D eigenvalue weighted by atomic mass is 10.0. The van der Waals surface area contributed by atoms with Crippen LogP contribution in [0.2, 0.25) is 0 Å². The Bertz CT molecular complexity index is 674. The quantitative estimate of drug-likeness (QED) is 0.762. The molecule has 0 saturated carbocycles. The largest absolute Gasteiger partial charge is 0.352 e. The van der Waals surface area contributed by atoms with Crippen LogP contribution in [0.5, 0.6) is 0 Å².